The van der Waals surface area contributed by atoms with Crippen molar-refractivity contribution in [2.75, 3.05) is 0 Å². The Morgan fingerprint density at radius 2 is 2.05 bits per heavy atom. The first-order valence-electron chi connectivity index (χ1n) is 6.15. The van der Waals surface area contributed by atoms with Crippen LogP contribution in [-0.4, -0.2) is 9.38 Å². The molecule has 0 atom stereocenters. The molecule has 2 aromatic heterocycles. The number of nitrogens with zero attached hydrogens (tertiary/aromatic N) is 2. The second kappa shape index (κ2) is 4.82. The van der Waals surface area contributed by atoms with E-state index < -0.39 is 0 Å². The lowest BCUT2D eigenvalue weighted by Crippen LogP contribution is -1.99. The standard InChI is InChI=1S/C15H14FN3/c16-13-3-1-2-11(6-13)8-15-18-10-14-7-12(9-17)4-5-19(14)15/h1-7,10H,8-9,17H2. The number of benzene rings is 1. The predicted molar refractivity (Wildman–Crippen MR) is 72.3 cm³/mol. The summed E-state index contributed by atoms with van der Waals surface area (Å²) in [6, 6.07) is 10.6. The van der Waals surface area contributed by atoms with Gasteiger partial charge in [0.2, 0.25) is 0 Å². The summed E-state index contributed by atoms with van der Waals surface area (Å²) in [6.07, 6.45) is 4.38. The van der Waals surface area contributed by atoms with Crippen LogP contribution >= 0.6 is 0 Å². The molecule has 0 fully saturated rings. The molecule has 3 nitrogen and oxygen atoms in total. The quantitative estimate of drug-likeness (QED) is 0.781. The number of pyridine rings is 1. The van der Waals surface area contributed by atoms with Gasteiger partial charge in [0.15, 0.2) is 0 Å². The minimum atomic E-state index is -0.219. The zero-order valence-electron chi connectivity index (χ0n) is 10.4. The van der Waals surface area contributed by atoms with E-state index in [1.165, 1.54) is 12.1 Å². The summed E-state index contributed by atoms with van der Waals surface area (Å²) in [5, 5.41) is 0. The van der Waals surface area contributed by atoms with Crippen LogP contribution in [0.15, 0.2) is 48.8 Å². The maximum absolute atomic E-state index is 13.2. The number of rotatable bonds is 3. The molecule has 3 aromatic rings. The molecule has 0 radical (unpaired) electrons. The fourth-order valence-electron chi connectivity index (χ4n) is 2.19. The minimum Gasteiger partial charge on any atom is -0.326 e. The third-order valence-electron chi connectivity index (χ3n) is 3.16. The van der Waals surface area contributed by atoms with E-state index in [1.54, 1.807) is 6.07 Å². The monoisotopic (exact) mass is 255 g/mol. The third-order valence-corrected chi connectivity index (χ3v) is 3.16. The molecule has 0 aliphatic carbocycles. The number of hydrogen-bond donors (Lipinski definition) is 1. The molecule has 0 aliphatic heterocycles. The Kier molecular flexibility index (Phi) is 3.01. The van der Waals surface area contributed by atoms with E-state index in [4.69, 9.17) is 5.73 Å². The molecular weight excluding hydrogens is 241 g/mol. The smallest absolute Gasteiger partial charge is 0.123 e. The fourth-order valence-corrected chi connectivity index (χ4v) is 2.19. The Hall–Kier alpha value is -2.20. The first-order valence-corrected chi connectivity index (χ1v) is 6.15. The highest BCUT2D eigenvalue weighted by Crippen LogP contribution is 2.14. The van der Waals surface area contributed by atoms with Gasteiger partial charge < -0.3 is 10.1 Å². The molecule has 0 unspecified atom stereocenters. The average molecular weight is 255 g/mol. The Bertz CT molecular complexity index is 718. The Balaban J connectivity index is 1.97. The maximum atomic E-state index is 13.2. The lowest BCUT2D eigenvalue weighted by Gasteiger charge is -2.03. The van der Waals surface area contributed by atoms with Crippen LogP contribution in [0.1, 0.15) is 17.0 Å². The Morgan fingerprint density at radius 3 is 2.84 bits per heavy atom. The van der Waals surface area contributed by atoms with Crippen molar-refractivity contribution in [3.05, 3.63) is 71.6 Å². The molecule has 0 saturated carbocycles. The van der Waals surface area contributed by atoms with Gasteiger partial charge >= 0.3 is 0 Å². The average Bonchev–Trinajstić information content (AvgIpc) is 2.81. The zero-order valence-corrected chi connectivity index (χ0v) is 10.4. The van der Waals surface area contributed by atoms with E-state index in [0.717, 1.165) is 22.5 Å². The molecule has 1 aromatic carbocycles. The topological polar surface area (TPSA) is 43.3 Å². The number of halogens is 1. The van der Waals surface area contributed by atoms with Crippen LogP contribution in [0, 0.1) is 5.82 Å². The van der Waals surface area contributed by atoms with Crippen LogP contribution in [-0.2, 0) is 13.0 Å². The zero-order chi connectivity index (χ0) is 13.2. The van der Waals surface area contributed by atoms with Gasteiger partial charge in [0.1, 0.15) is 11.6 Å². The molecule has 0 bridgehead atoms. The second-order valence-electron chi connectivity index (χ2n) is 4.52. The van der Waals surface area contributed by atoms with Crippen molar-refractivity contribution in [2.45, 2.75) is 13.0 Å². The summed E-state index contributed by atoms with van der Waals surface area (Å²) < 4.78 is 15.2. The third kappa shape index (κ3) is 2.35. The van der Waals surface area contributed by atoms with E-state index in [9.17, 15) is 4.39 Å². The van der Waals surface area contributed by atoms with E-state index >= 15 is 0 Å². The van der Waals surface area contributed by atoms with Gasteiger partial charge in [-0.05, 0) is 35.4 Å². The maximum Gasteiger partial charge on any atom is 0.123 e. The summed E-state index contributed by atoms with van der Waals surface area (Å²) in [6.45, 7) is 0.515. The SMILES string of the molecule is NCc1ccn2c(Cc3cccc(F)c3)ncc2c1. The molecular formula is C15H14FN3. The Morgan fingerprint density at radius 1 is 1.16 bits per heavy atom. The highest BCUT2D eigenvalue weighted by atomic mass is 19.1. The van der Waals surface area contributed by atoms with E-state index in [1.807, 2.05) is 35.0 Å². The summed E-state index contributed by atoms with van der Waals surface area (Å²) in [7, 11) is 0. The van der Waals surface area contributed by atoms with Gasteiger partial charge in [-0.25, -0.2) is 9.37 Å². The molecule has 0 spiro atoms. The van der Waals surface area contributed by atoms with E-state index in [2.05, 4.69) is 4.98 Å². The molecule has 0 aliphatic rings. The van der Waals surface area contributed by atoms with Gasteiger partial charge in [-0.15, -0.1) is 0 Å². The molecule has 19 heavy (non-hydrogen) atoms. The predicted octanol–water partition coefficient (Wildman–Crippen LogP) is 2.52. The van der Waals surface area contributed by atoms with Crippen molar-refractivity contribution >= 4 is 5.52 Å². The highest BCUT2D eigenvalue weighted by Gasteiger charge is 2.05. The normalized spacial score (nSPS) is 11.1. The second-order valence-corrected chi connectivity index (χ2v) is 4.52. The minimum absolute atomic E-state index is 0.219. The number of nitrogens with two attached hydrogens (primary N) is 1. The van der Waals surface area contributed by atoms with Crippen LogP contribution < -0.4 is 5.73 Å². The molecule has 96 valence electrons. The van der Waals surface area contributed by atoms with Gasteiger partial charge in [0, 0.05) is 19.2 Å². The number of imidazole rings is 1. The van der Waals surface area contributed by atoms with Crippen molar-refractivity contribution in [3.8, 4) is 0 Å². The van der Waals surface area contributed by atoms with Crippen molar-refractivity contribution < 1.29 is 4.39 Å². The van der Waals surface area contributed by atoms with Crippen LogP contribution in [0.5, 0.6) is 0 Å². The number of fused-ring (bicyclic) bond motifs is 1. The van der Waals surface area contributed by atoms with Gasteiger partial charge in [0.25, 0.3) is 0 Å². The van der Waals surface area contributed by atoms with Crippen molar-refractivity contribution in [3.63, 3.8) is 0 Å². The van der Waals surface area contributed by atoms with E-state index in [0.29, 0.717) is 13.0 Å². The molecule has 3 rings (SSSR count). The van der Waals surface area contributed by atoms with Crippen molar-refractivity contribution in [1.82, 2.24) is 9.38 Å². The molecule has 2 heterocycles. The largest absolute Gasteiger partial charge is 0.326 e. The molecule has 0 amide bonds. The highest BCUT2D eigenvalue weighted by molar-refractivity contribution is 5.48. The molecule has 4 heteroatoms. The number of aromatic nitrogens is 2. The van der Waals surface area contributed by atoms with E-state index in [-0.39, 0.29) is 5.82 Å². The fraction of sp³-hybridized carbons (Fsp3) is 0.133. The summed E-state index contributed by atoms with van der Waals surface area (Å²) in [5.41, 5.74) is 8.61. The lowest BCUT2D eigenvalue weighted by molar-refractivity contribution is 0.625. The summed E-state index contributed by atoms with van der Waals surface area (Å²) >= 11 is 0. The molecule has 0 saturated heterocycles. The number of hydrogen-bond acceptors (Lipinski definition) is 2. The summed E-state index contributed by atoms with van der Waals surface area (Å²) in [4.78, 5) is 4.40. The van der Waals surface area contributed by atoms with Crippen LogP contribution in [0.2, 0.25) is 0 Å². The first-order chi connectivity index (χ1) is 9.26. The Labute approximate surface area is 110 Å². The first kappa shape index (κ1) is 11.9. The van der Waals surface area contributed by atoms with Gasteiger partial charge in [-0.1, -0.05) is 12.1 Å². The van der Waals surface area contributed by atoms with Crippen LogP contribution in [0.4, 0.5) is 4.39 Å². The molecule has 2 N–H and O–H groups in total. The van der Waals surface area contributed by atoms with Crippen LogP contribution in [0.3, 0.4) is 0 Å². The van der Waals surface area contributed by atoms with Crippen molar-refractivity contribution in [1.29, 1.82) is 0 Å². The summed E-state index contributed by atoms with van der Waals surface area (Å²) in [5.74, 6) is 0.674. The van der Waals surface area contributed by atoms with Gasteiger partial charge in [0.05, 0.1) is 11.7 Å². The van der Waals surface area contributed by atoms with Crippen molar-refractivity contribution in [2.24, 2.45) is 5.73 Å². The lowest BCUT2D eigenvalue weighted by atomic mass is 10.1. The van der Waals surface area contributed by atoms with Crippen LogP contribution in [0.25, 0.3) is 5.52 Å². The van der Waals surface area contributed by atoms with Gasteiger partial charge in [-0.3, -0.25) is 0 Å². The van der Waals surface area contributed by atoms with Gasteiger partial charge in [-0.2, -0.15) is 0 Å².